The lowest BCUT2D eigenvalue weighted by molar-refractivity contribution is -0.159. The number of carboxylic acids is 2. The molecule has 2 aromatic carbocycles. The van der Waals surface area contributed by atoms with Gasteiger partial charge in [0.2, 0.25) is 0 Å². The highest BCUT2D eigenvalue weighted by molar-refractivity contribution is 6.27. The van der Waals surface area contributed by atoms with Gasteiger partial charge in [-0.15, -0.1) is 0 Å². The van der Waals surface area contributed by atoms with Crippen LogP contribution in [0.4, 0.5) is 0 Å². The van der Waals surface area contributed by atoms with Crippen LogP contribution in [0, 0.1) is 0 Å². The SMILES string of the molecule is COc1ccc(OCc2ccc(CN3CCCCC3)cc2)cc1.O=C(O)C(=O)O. The standard InChI is InChI=1S/C20H25NO2.C2H2O4/c1-22-19-9-11-20(12-10-19)23-16-18-7-5-17(6-8-18)15-21-13-3-2-4-14-21;3-1(4)2(5)6/h5-12H,2-4,13-16H2,1H3;(H,3,4)(H,5,6). The molecule has 7 heteroatoms. The fourth-order valence-electron chi connectivity index (χ4n) is 2.96. The van der Waals surface area contributed by atoms with Crippen molar-refractivity contribution in [3.05, 3.63) is 59.7 Å². The minimum Gasteiger partial charge on any atom is -0.497 e. The van der Waals surface area contributed by atoms with Crippen molar-refractivity contribution in [2.24, 2.45) is 0 Å². The summed E-state index contributed by atoms with van der Waals surface area (Å²) in [7, 11) is 1.67. The Hall–Kier alpha value is -3.06. The summed E-state index contributed by atoms with van der Waals surface area (Å²) < 4.78 is 11.0. The number of piperidine rings is 1. The third kappa shape index (κ3) is 8.23. The lowest BCUT2D eigenvalue weighted by Crippen LogP contribution is -2.29. The molecule has 0 radical (unpaired) electrons. The van der Waals surface area contributed by atoms with Gasteiger partial charge in [0, 0.05) is 6.54 Å². The van der Waals surface area contributed by atoms with E-state index in [0.29, 0.717) is 6.61 Å². The second-order valence-corrected chi connectivity index (χ2v) is 6.73. The highest BCUT2D eigenvalue weighted by Crippen LogP contribution is 2.19. The first-order chi connectivity index (χ1) is 14.0. The van der Waals surface area contributed by atoms with Crippen molar-refractivity contribution in [3.63, 3.8) is 0 Å². The summed E-state index contributed by atoms with van der Waals surface area (Å²) in [5, 5.41) is 14.8. The molecule has 156 valence electrons. The first-order valence-electron chi connectivity index (χ1n) is 9.51. The van der Waals surface area contributed by atoms with E-state index in [1.807, 2.05) is 24.3 Å². The molecule has 1 heterocycles. The van der Waals surface area contributed by atoms with Crippen molar-refractivity contribution in [3.8, 4) is 11.5 Å². The number of methoxy groups -OCH3 is 1. The number of nitrogens with zero attached hydrogens (tertiary/aromatic N) is 1. The van der Waals surface area contributed by atoms with E-state index in [1.54, 1.807) is 7.11 Å². The maximum Gasteiger partial charge on any atom is 0.414 e. The Kier molecular flexibility index (Phi) is 8.98. The third-order valence-electron chi connectivity index (χ3n) is 4.53. The van der Waals surface area contributed by atoms with Crippen molar-refractivity contribution in [2.75, 3.05) is 20.2 Å². The highest BCUT2D eigenvalue weighted by Gasteiger charge is 2.10. The molecule has 2 aromatic rings. The Labute approximate surface area is 170 Å². The molecular weight excluding hydrogens is 374 g/mol. The number of aliphatic carboxylic acids is 2. The van der Waals surface area contributed by atoms with Crippen LogP contribution < -0.4 is 9.47 Å². The Morgan fingerprint density at radius 2 is 1.34 bits per heavy atom. The van der Waals surface area contributed by atoms with E-state index in [2.05, 4.69) is 29.2 Å². The monoisotopic (exact) mass is 401 g/mol. The molecule has 0 spiro atoms. The van der Waals surface area contributed by atoms with Gasteiger partial charge in [0.05, 0.1) is 7.11 Å². The Morgan fingerprint density at radius 1 is 0.828 bits per heavy atom. The van der Waals surface area contributed by atoms with Crippen molar-refractivity contribution in [1.29, 1.82) is 0 Å². The van der Waals surface area contributed by atoms with Crippen molar-refractivity contribution < 1.29 is 29.3 Å². The molecule has 3 rings (SSSR count). The van der Waals surface area contributed by atoms with Gasteiger partial charge >= 0.3 is 11.9 Å². The molecule has 0 bridgehead atoms. The molecule has 0 saturated carbocycles. The summed E-state index contributed by atoms with van der Waals surface area (Å²) in [6.07, 6.45) is 4.07. The van der Waals surface area contributed by atoms with Crippen molar-refractivity contribution in [1.82, 2.24) is 4.90 Å². The van der Waals surface area contributed by atoms with E-state index in [1.165, 1.54) is 43.5 Å². The zero-order chi connectivity index (χ0) is 21.1. The maximum absolute atomic E-state index is 9.10. The lowest BCUT2D eigenvalue weighted by atomic mass is 10.1. The summed E-state index contributed by atoms with van der Waals surface area (Å²) in [6.45, 7) is 4.14. The van der Waals surface area contributed by atoms with E-state index in [-0.39, 0.29) is 0 Å². The van der Waals surface area contributed by atoms with E-state index < -0.39 is 11.9 Å². The summed E-state index contributed by atoms with van der Waals surface area (Å²) in [5.41, 5.74) is 2.59. The van der Waals surface area contributed by atoms with Gasteiger partial charge in [-0.05, 0) is 61.3 Å². The number of ether oxygens (including phenoxy) is 2. The molecule has 1 aliphatic rings. The zero-order valence-corrected chi connectivity index (χ0v) is 16.5. The summed E-state index contributed by atoms with van der Waals surface area (Å²) in [4.78, 5) is 20.7. The van der Waals surface area contributed by atoms with E-state index in [9.17, 15) is 0 Å². The molecule has 1 aliphatic heterocycles. The smallest absolute Gasteiger partial charge is 0.414 e. The van der Waals surface area contributed by atoms with Crippen LogP contribution in [0.1, 0.15) is 30.4 Å². The van der Waals surface area contributed by atoms with Gasteiger partial charge < -0.3 is 19.7 Å². The average Bonchev–Trinajstić information content (AvgIpc) is 2.75. The lowest BCUT2D eigenvalue weighted by Gasteiger charge is -2.26. The predicted octanol–water partition coefficient (Wildman–Crippen LogP) is 3.42. The van der Waals surface area contributed by atoms with E-state index in [0.717, 1.165) is 18.0 Å². The van der Waals surface area contributed by atoms with Gasteiger partial charge in [-0.3, -0.25) is 4.90 Å². The quantitative estimate of drug-likeness (QED) is 0.716. The first-order valence-corrected chi connectivity index (χ1v) is 9.51. The molecule has 7 nitrogen and oxygen atoms in total. The van der Waals surface area contributed by atoms with Crippen LogP contribution in [0.3, 0.4) is 0 Å². The molecule has 0 amide bonds. The minimum atomic E-state index is -1.82. The third-order valence-corrected chi connectivity index (χ3v) is 4.53. The number of benzene rings is 2. The largest absolute Gasteiger partial charge is 0.497 e. The normalized spacial score (nSPS) is 13.7. The summed E-state index contributed by atoms with van der Waals surface area (Å²) in [6, 6.07) is 16.5. The summed E-state index contributed by atoms with van der Waals surface area (Å²) >= 11 is 0. The molecule has 2 N–H and O–H groups in total. The van der Waals surface area contributed by atoms with Gasteiger partial charge in [0.15, 0.2) is 0 Å². The first kappa shape index (κ1) is 22.2. The van der Waals surface area contributed by atoms with Crippen LogP contribution in [0.5, 0.6) is 11.5 Å². The molecule has 1 saturated heterocycles. The van der Waals surface area contributed by atoms with E-state index >= 15 is 0 Å². The number of hydrogen-bond donors (Lipinski definition) is 2. The topological polar surface area (TPSA) is 96.3 Å². The number of hydrogen-bond acceptors (Lipinski definition) is 5. The second kappa shape index (κ2) is 11.7. The fourth-order valence-corrected chi connectivity index (χ4v) is 2.96. The zero-order valence-electron chi connectivity index (χ0n) is 16.5. The second-order valence-electron chi connectivity index (χ2n) is 6.73. The number of likely N-dealkylation sites (tertiary alicyclic amines) is 1. The van der Waals surface area contributed by atoms with Crippen LogP contribution in [0.2, 0.25) is 0 Å². The number of carbonyl (C=O) groups is 2. The number of carboxylic acid groups (broad SMARTS) is 2. The van der Waals surface area contributed by atoms with Crippen molar-refractivity contribution in [2.45, 2.75) is 32.4 Å². The van der Waals surface area contributed by atoms with Gasteiger partial charge in [0.25, 0.3) is 0 Å². The van der Waals surface area contributed by atoms with Gasteiger partial charge in [-0.2, -0.15) is 0 Å². The molecular formula is C22H27NO6. The Bertz CT molecular complexity index is 755. The van der Waals surface area contributed by atoms with Gasteiger partial charge in [-0.1, -0.05) is 30.7 Å². The van der Waals surface area contributed by atoms with E-state index in [4.69, 9.17) is 29.3 Å². The minimum absolute atomic E-state index is 0.594. The molecule has 0 unspecified atom stereocenters. The highest BCUT2D eigenvalue weighted by atomic mass is 16.5. The molecule has 0 atom stereocenters. The van der Waals surface area contributed by atoms with Gasteiger partial charge in [-0.25, -0.2) is 9.59 Å². The van der Waals surface area contributed by atoms with Crippen molar-refractivity contribution >= 4 is 11.9 Å². The average molecular weight is 401 g/mol. The Balaban J connectivity index is 0.000000438. The predicted molar refractivity (Wildman–Crippen MR) is 108 cm³/mol. The molecule has 1 fully saturated rings. The van der Waals surface area contributed by atoms with Gasteiger partial charge in [0.1, 0.15) is 18.1 Å². The van der Waals surface area contributed by atoms with Crippen LogP contribution in [0.25, 0.3) is 0 Å². The molecule has 0 aromatic heterocycles. The van der Waals surface area contributed by atoms with Crippen LogP contribution in [0.15, 0.2) is 48.5 Å². The van der Waals surface area contributed by atoms with Crippen LogP contribution in [-0.2, 0) is 22.7 Å². The number of rotatable bonds is 6. The van der Waals surface area contributed by atoms with Crippen LogP contribution in [-0.4, -0.2) is 47.3 Å². The fraction of sp³-hybridized carbons (Fsp3) is 0.364. The Morgan fingerprint density at radius 3 is 1.86 bits per heavy atom. The summed E-state index contributed by atoms with van der Waals surface area (Å²) in [5.74, 6) is -1.94. The maximum atomic E-state index is 9.10. The van der Waals surface area contributed by atoms with Crippen LogP contribution >= 0.6 is 0 Å². The molecule has 0 aliphatic carbocycles. The molecule has 29 heavy (non-hydrogen) atoms.